The lowest BCUT2D eigenvalue weighted by Crippen LogP contribution is -2.60. The van der Waals surface area contributed by atoms with E-state index in [0.29, 0.717) is 12.8 Å². The van der Waals surface area contributed by atoms with Crippen LogP contribution in [0.2, 0.25) is 0 Å². The first-order valence-corrected chi connectivity index (χ1v) is 6.94. The molecule has 0 aromatic heterocycles. The lowest BCUT2D eigenvalue weighted by atomic mass is 9.55. The average molecular weight is 260 g/mol. The van der Waals surface area contributed by atoms with E-state index in [9.17, 15) is 9.90 Å². The van der Waals surface area contributed by atoms with Gasteiger partial charge in [0, 0.05) is 11.8 Å². The third-order valence-corrected chi connectivity index (χ3v) is 5.12. The van der Waals surface area contributed by atoms with E-state index in [1.807, 2.05) is 25.1 Å². The van der Waals surface area contributed by atoms with Crippen LogP contribution < -0.4 is 4.74 Å². The molecule has 3 heteroatoms. The van der Waals surface area contributed by atoms with Crippen molar-refractivity contribution in [2.75, 3.05) is 7.11 Å². The Balaban J connectivity index is 2.14. The number of ether oxygens (including phenoxy) is 1. The first kappa shape index (κ1) is 12.7. The maximum absolute atomic E-state index is 12.2. The Morgan fingerprint density at radius 1 is 1.26 bits per heavy atom. The number of carbonyl (C=O) groups excluding carboxylic acids is 1. The number of Topliss-reactive ketones (excluding diaryl/α,β-unsaturated/α-hetero) is 1. The van der Waals surface area contributed by atoms with Gasteiger partial charge in [0.25, 0.3) is 0 Å². The Morgan fingerprint density at radius 3 is 2.79 bits per heavy atom. The lowest BCUT2D eigenvalue weighted by Gasteiger charge is -2.51. The van der Waals surface area contributed by atoms with Gasteiger partial charge in [0.2, 0.25) is 0 Å². The number of carbonyl (C=O) groups is 1. The van der Waals surface area contributed by atoms with Gasteiger partial charge in [0.05, 0.1) is 7.11 Å². The van der Waals surface area contributed by atoms with Crippen LogP contribution in [0.15, 0.2) is 18.2 Å². The summed E-state index contributed by atoms with van der Waals surface area (Å²) in [5.74, 6) is 0.859. The molecule has 1 N–H and O–H groups in total. The number of fused-ring (bicyclic) bond motifs is 3. The van der Waals surface area contributed by atoms with E-state index in [-0.39, 0.29) is 5.78 Å². The molecule has 1 aromatic rings. The van der Waals surface area contributed by atoms with Gasteiger partial charge < -0.3 is 9.84 Å². The van der Waals surface area contributed by atoms with Crippen molar-refractivity contribution in [1.82, 2.24) is 0 Å². The van der Waals surface area contributed by atoms with E-state index < -0.39 is 11.0 Å². The highest BCUT2D eigenvalue weighted by Crippen LogP contribution is 2.51. The van der Waals surface area contributed by atoms with Crippen LogP contribution in [0.25, 0.3) is 0 Å². The van der Waals surface area contributed by atoms with Crippen molar-refractivity contribution in [2.45, 2.75) is 50.0 Å². The van der Waals surface area contributed by atoms with Crippen molar-refractivity contribution < 1.29 is 14.6 Å². The van der Waals surface area contributed by atoms with Crippen LogP contribution in [0, 0.1) is 0 Å². The topological polar surface area (TPSA) is 46.5 Å². The third kappa shape index (κ3) is 1.57. The molecule has 2 atom stereocenters. The van der Waals surface area contributed by atoms with E-state index in [0.717, 1.165) is 30.6 Å². The van der Waals surface area contributed by atoms with Crippen LogP contribution in [-0.4, -0.2) is 23.6 Å². The number of hydrogen-bond acceptors (Lipinski definition) is 3. The zero-order valence-corrected chi connectivity index (χ0v) is 11.5. The van der Waals surface area contributed by atoms with Crippen molar-refractivity contribution in [3.8, 4) is 5.75 Å². The van der Waals surface area contributed by atoms with Crippen LogP contribution in [0.4, 0.5) is 0 Å². The summed E-state index contributed by atoms with van der Waals surface area (Å²) < 4.78 is 5.27. The maximum atomic E-state index is 12.2. The minimum Gasteiger partial charge on any atom is -0.497 e. The Labute approximate surface area is 113 Å². The zero-order valence-electron chi connectivity index (χ0n) is 11.5. The summed E-state index contributed by atoms with van der Waals surface area (Å²) in [5, 5.41) is 10.9. The van der Waals surface area contributed by atoms with E-state index in [2.05, 4.69) is 0 Å². The second kappa shape index (κ2) is 4.07. The summed E-state index contributed by atoms with van der Waals surface area (Å²) in [7, 11) is 1.66. The average Bonchev–Trinajstić information content (AvgIpc) is 2.41. The summed E-state index contributed by atoms with van der Waals surface area (Å²) in [4.78, 5) is 12.2. The predicted molar refractivity (Wildman–Crippen MR) is 72.5 cm³/mol. The van der Waals surface area contributed by atoms with Crippen molar-refractivity contribution in [1.29, 1.82) is 0 Å². The molecular formula is C16H20O3. The van der Waals surface area contributed by atoms with Gasteiger partial charge in [-0.2, -0.15) is 0 Å². The first-order chi connectivity index (χ1) is 9.01. The van der Waals surface area contributed by atoms with Crippen LogP contribution in [0.1, 0.15) is 43.7 Å². The van der Waals surface area contributed by atoms with Crippen LogP contribution in [-0.2, 0) is 16.6 Å². The standard InChI is InChI=1S/C16H20O3/c1-15-8-3-4-14(17)16(15,18)9-7-11-10-12(19-2)5-6-13(11)15/h5-6,10,18H,3-4,7-9H2,1-2H3/t15-,16+/m0/s1. The van der Waals surface area contributed by atoms with Crippen molar-refractivity contribution in [3.63, 3.8) is 0 Å². The second-order valence-electron chi connectivity index (χ2n) is 5.99. The fourth-order valence-corrected chi connectivity index (χ4v) is 3.85. The van der Waals surface area contributed by atoms with Gasteiger partial charge >= 0.3 is 0 Å². The molecule has 3 nitrogen and oxygen atoms in total. The van der Waals surface area contributed by atoms with Crippen LogP contribution >= 0.6 is 0 Å². The molecule has 1 saturated carbocycles. The SMILES string of the molecule is COc1ccc2c(c1)CC[C@@]1(O)C(=O)CCC[C@@]21C. The summed E-state index contributed by atoms with van der Waals surface area (Å²) in [6.45, 7) is 2.04. The molecule has 0 bridgehead atoms. The Bertz CT molecular complexity index is 537. The van der Waals surface area contributed by atoms with Gasteiger partial charge in [-0.25, -0.2) is 0 Å². The molecule has 0 radical (unpaired) electrons. The number of aliphatic hydroxyl groups is 1. The summed E-state index contributed by atoms with van der Waals surface area (Å²) in [5.41, 5.74) is 0.714. The molecule has 0 aliphatic heterocycles. The van der Waals surface area contributed by atoms with Gasteiger partial charge in [-0.1, -0.05) is 13.0 Å². The monoisotopic (exact) mass is 260 g/mol. The Kier molecular flexibility index (Phi) is 2.72. The largest absolute Gasteiger partial charge is 0.497 e. The van der Waals surface area contributed by atoms with E-state index >= 15 is 0 Å². The van der Waals surface area contributed by atoms with Crippen molar-refractivity contribution in [2.24, 2.45) is 0 Å². The molecule has 0 saturated heterocycles. The van der Waals surface area contributed by atoms with Crippen LogP contribution in [0.3, 0.4) is 0 Å². The third-order valence-electron chi connectivity index (χ3n) is 5.12. The molecule has 2 aliphatic rings. The number of ketones is 1. The predicted octanol–water partition coefficient (Wildman–Crippen LogP) is 2.38. The smallest absolute Gasteiger partial charge is 0.165 e. The molecule has 19 heavy (non-hydrogen) atoms. The number of methoxy groups -OCH3 is 1. The minimum atomic E-state index is -1.17. The molecule has 102 valence electrons. The zero-order chi connectivity index (χ0) is 13.7. The van der Waals surface area contributed by atoms with E-state index in [4.69, 9.17) is 4.74 Å². The molecule has 0 heterocycles. The number of aryl methyl sites for hydroxylation is 1. The Hall–Kier alpha value is -1.35. The quantitative estimate of drug-likeness (QED) is 0.843. The van der Waals surface area contributed by atoms with Gasteiger partial charge in [-0.3, -0.25) is 4.79 Å². The molecule has 1 aromatic carbocycles. The highest BCUT2D eigenvalue weighted by molar-refractivity contribution is 5.90. The summed E-state index contributed by atoms with van der Waals surface area (Å²) in [6, 6.07) is 5.99. The molecule has 0 spiro atoms. The highest BCUT2D eigenvalue weighted by atomic mass is 16.5. The van der Waals surface area contributed by atoms with E-state index in [1.54, 1.807) is 7.11 Å². The molecule has 3 rings (SSSR count). The van der Waals surface area contributed by atoms with Crippen molar-refractivity contribution in [3.05, 3.63) is 29.3 Å². The molecule has 1 fully saturated rings. The Morgan fingerprint density at radius 2 is 2.05 bits per heavy atom. The van der Waals surface area contributed by atoms with Gasteiger partial charge in [-0.15, -0.1) is 0 Å². The second-order valence-corrected chi connectivity index (χ2v) is 5.99. The number of rotatable bonds is 1. The molecule has 2 aliphatic carbocycles. The molecular weight excluding hydrogens is 240 g/mol. The number of hydrogen-bond donors (Lipinski definition) is 1. The summed E-state index contributed by atoms with van der Waals surface area (Å²) >= 11 is 0. The molecule has 0 amide bonds. The summed E-state index contributed by atoms with van der Waals surface area (Å²) in [6.07, 6.45) is 3.52. The minimum absolute atomic E-state index is 0.0164. The van der Waals surface area contributed by atoms with E-state index in [1.165, 1.54) is 5.56 Å². The van der Waals surface area contributed by atoms with Gasteiger partial charge in [0.1, 0.15) is 11.4 Å². The fourth-order valence-electron chi connectivity index (χ4n) is 3.85. The fraction of sp³-hybridized carbons (Fsp3) is 0.562. The van der Waals surface area contributed by atoms with Gasteiger partial charge in [-0.05, 0) is 48.9 Å². The van der Waals surface area contributed by atoms with Gasteiger partial charge in [0.15, 0.2) is 5.78 Å². The van der Waals surface area contributed by atoms with Crippen molar-refractivity contribution >= 4 is 5.78 Å². The lowest BCUT2D eigenvalue weighted by molar-refractivity contribution is -0.153. The normalized spacial score (nSPS) is 33.5. The van der Waals surface area contributed by atoms with Crippen LogP contribution in [0.5, 0.6) is 5.75 Å². The maximum Gasteiger partial charge on any atom is 0.165 e. The molecule has 0 unspecified atom stereocenters. The first-order valence-electron chi connectivity index (χ1n) is 6.94. The highest BCUT2D eigenvalue weighted by Gasteiger charge is 2.56. The number of benzene rings is 1.